The van der Waals surface area contributed by atoms with Gasteiger partial charge in [0.2, 0.25) is 5.43 Å². The Labute approximate surface area is 309 Å². The van der Waals surface area contributed by atoms with Crippen LogP contribution >= 0.6 is 12.2 Å². The molecule has 7 rings (SSSR count). The fourth-order valence-electron chi connectivity index (χ4n) is 7.14. The lowest BCUT2D eigenvalue weighted by molar-refractivity contribution is -0.384. The molecule has 0 spiro atoms. The highest BCUT2D eigenvalue weighted by atomic mass is 32.1. The number of piperazine rings is 2. The molecule has 2 aliphatic rings. The molecule has 2 aromatic heterocycles. The largest absolute Gasteiger partial charge is 0.477 e. The van der Waals surface area contributed by atoms with Crippen molar-refractivity contribution in [2.75, 3.05) is 62.2 Å². The van der Waals surface area contributed by atoms with Gasteiger partial charge in [-0.3, -0.25) is 29.3 Å². The van der Waals surface area contributed by atoms with Gasteiger partial charge < -0.3 is 19.5 Å². The summed E-state index contributed by atoms with van der Waals surface area (Å²) in [5.74, 6) is -1.03. The lowest BCUT2D eigenvalue weighted by Gasteiger charge is -2.36. The number of nitrogens with zero attached hydrogens (tertiary/aromatic N) is 9. The highest BCUT2D eigenvalue weighted by Gasteiger charge is 2.25. The second-order valence-corrected chi connectivity index (χ2v) is 13.7. The smallest absolute Gasteiger partial charge is 0.341 e. The standard InChI is InChI=1S/C37H40FN9O5S/c1-2-42-23-30(36(49)50)35(48)29-20-31(38)33(21-32(29)42)44-18-14-41(15-19-44)25-46-37(53)45(22-26-6-4-3-5-7-26)34(39-46)24-40-12-16-43(17-13-40)27-8-10-28(11-9-27)47(51)52/h3-11,20-21,23H,2,12-19,22,24-25H2,1H3,(H,49,50). The van der Waals surface area contributed by atoms with Crippen molar-refractivity contribution >= 4 is 46.2 Å². The van der Waals surface area contributed by atoms with Gasteiger partial charge >= 0.3 is 5.97 Å². The number of carbonyl (C=O) groups is 1. The van der Waals surface area contributed by atoms with Gasteiger partial charge in [-0.25, -0.2) is 13.9 Å². The van der Waals surface area contributed by atoms with Crippen molar-refractivity contribution in [2.45, 2.75) is 33.2 Å². The molecular weight excluding hydrogens is 702 g/mol. The number of non-ortho nitro benzene ring substituents is 1. The van der Waals surface area contributed by atoms with Crippen LogP contribution in [0.5, 0.6) is 0 Å². The normalized spacial score (nSPS) is 15.7. The first-order chi connectivity index (χ1) is 25.6. The number of carboxylic acid groups (broad SMARTS) is 1. The molecule has 16 heteroatoms. The number of benzene rings is 3. The summed E-state index contributed by atoms with van der Waals surface area (Å²) in [5.41, 5.74) is 1.96. The number of hydrogen-bond donors (Lipinski definition) is 1. The molecule has 0 amide bonds. The van der Waals surface area contributed by atoms with Crippen LogP contribution in [0, 0.1) is 20.7 Å². The lowest BCUT2D eigenvalue weighted by atomic mass is 10.1. The predicted molar refractivity (Wildman–Crippen MR) is 202 cm³/mol. The molecule has 14 nitrogen and oxygen atoms in total. The molecular formula is C37H40FN9O5S. The quantitative estimate of drug-likeness (QED) is 0.115. The van der Waals surface area contributed by atoms with Crippen molar-refractivity contribution in [1.82, 2.24) is 28.7 Å². The molecule has 0 unspecified atom stereocenters. The minimum absolute atomic E-state index is 0.0503. The molecule has 3 aromatic carbocycles. The predicted octanol–water partition coefficient (Wildman–Crippen LogP) is 4.64. The van der Waals surface area contributed by atoms with E-state index in [4.69, 9.17) is 17.3 Å². The molecule has 2 fully saturated rings. The van der Waals surface area contributed by atoms with E-state index >= 15 is 4.39 Å². The van der Waals surface area contributed by atoms with Crippen molar-refractivity contribution in [3.63, 3.8) is 0 Å². The molecule has 2 aliphatic heterocycles. The summed E-state index contributed by atoms with van der Waals surface area (Å²) >= 11 is 6.02. The van der Waals surface area contributed by atoms with Gasteiger partial charge in [0.1, 0.15) is 17.2 Å². The number of anilines is 2. The fraction of sp³-hybridized carbons (Fsp3) is 0.351. The molecule has 2 saturated heterocycles. The summed E-state index contributed by atoms with van der Waals surface area (Å²) in [6, 6.07) is 19.6. The Morgan fingerprint density at radius 3 is 2.23 bits per heavy atom. The monoisotopic (exact) mass is 741 g/mol. The van der Waals surface area contributed by atoms with Crippen molar-refractivity contribution in [1.29, 1.82) is 0 Å². The van der Waals surface area contributed by atoms with E-state index in [0.29, 0.717) is 68.5 Å². The van der Waals surface area contributed by atoms with Gasteiger partial charge in [-0.2, -0.15) is 5.10 Å². The average Bonchev–Trinajstić information content (AvgIpc) is 3.44. The summed E-state index contributed by atoms with van der Waals surface area (Å²) in [5, 5.41) is 25.7. The Hall–Kier alpha value is -5.45. The number of aromatic nitrogens is 4. The second kappa shape index (κ2) is 15.3. The average molecular weight is 742 g/mol. The molecule has 1 N–H and O–H groups in total. The Morgan fingerprint density at radius 2 is 1.58 bits per heavy atom. The minimum Gasteiger partial charge on any atom is -0.477 e. The number of carboxylic acids is 1. The molecule has 0 atom stereocenters. The van der Waals surface area contributed by atoms with Crippen LogP contribution in [0.25, 0.3) is 10.9 Å². The van der Waals surface area contributed by atoms with Crippen LogP contribution < -0.4 is 15.2 Å². The summed E-state index contributed by atoms with van der Waals surface area (Å²) in [4.78, 5) is 43.9. The van der Waals surface area contributed by atoms with Crippen LogP contribution in [0.1, 0.15) is 28.7 Å². The van der Waals surface area contributed by atoms with E-state index in [-0.39, 0.29) is 21.6 Å². The molecule has 5 aromatic rings. The van der Waals surface area contributed by atoms with Crippen LogP contribution in [-0.2, 0) is 26.3 Å². The number of rotatable bonds is 11. The first-order valence-electron chi connectivity index (χ1n) is 17.6. The maximum atomic E-state index is 15.5. The molecule has 0 aliphatic carbocycles. The summed E-state index contributed by atoms with van der Waals surface area (Å²) < 4.78 is 21.8. The number of hydrogen-bond acceptors (Lipinski definition) is 10. The summed E-state index contributed by atoms with van der Waals surface area (Å²) in [6.07, 6.45) is 1.32. The zero-order chi connectivity index (χ0) is 37.2. The third-order valence-electron chi connectivity index (χ3n) is 10.1. The first kappa shape index (κ1) is 35.9. The van der Waals surface area contributed by atoms with Crippen LogP contribution in [0.3, 0.4) is 0 Å². The number of fused-ring (bicyclic) bond motifs is 1. The van der Waals surface area contributed by atoms with Gasteiger partial charge in [-0.1, -0.05) is 30.3 Å². The highest BCUT2D eigenvalue weighted by molar-refractivity contribution is 7.71. The molecule has 0 bridgehead atoms. The van der Waals surface area contributed by atoms with Gasteiger partial charge in [-0.15, -0.1) is 0 Å². The van der Waals surface area contributed by atoms with E-state index in [9.17, 15) is 24.8 Å². The van der Waals surface area contributed by atoms with Crippen LogP contribution in [0.15, 0.2) is 77.7 Å². The van der Waals surface area contributed by atoms with Gasteiger partial charge in [0, 0.05) is 88.3 Å². The molecule has 4 heterocycles. The number of aryl methyl sites for hydroxylation is 1. The lowest BCUT2D eigenvalue weighted by Crippen LogP contribution is -2.47. The van der Waals surface area contributed by atoms with E-state index in [0.717, 1.165) is 49.3 Å². The number of aromatic carboxylic acids is 1. The van der Waals surface area contributed by atoms with E-state index in [1.54, 1.807) is 34.9 Å². The van der Waals surface area contributed by atoms with Crippen LogP contribution in [0.4, 0.5) is 21.5 Å². The Morgan fingerprint density at radius 1 is 0.925 bits per heavy atom. The topological polar surface area (TPSA) is 138 Å². The number of nitro groups is 1. The molecule has 0 saturated carbocycles. The van der Waals surface area contributed by atoms with E-state index < -0.39 is 17.2 Å². The van der Waals surface area contributed by atoms with Gasteiger partial charge in [0.15, 0.2) is 4.77 Å². The van der Waals surface area contributed by atoms with Crippen molar-refractivity contribution in [2.24, 2.45) is 0 Å². The third-order valence-corrected chi connectivity index (χ3v) is 10.5. The second-order valence-electron chi connectivity index (χ2n) is 13.3. The Bertz CT molecular complexity index is 2260. The maximum Gasteiger partial charge on any atom is 0.341 e. The number of pyridine rings is 1. The Balaban J connectivity index is 1.05. The van der Waals surface area contributed by atoms with Crippen molar-refractivity contribution < 1.29 is 19.2 Å². The van der Waals surface area contributed by atoms with Gasteiger partial charge in [0.05, 0.1) is 35.9 Å². The van der Waals surface area contributed by atoms with Gasteiger partial charge in [0.25, 0.3) is 5.69 Å². The molecule has 276 valence electrons. The Kier molecular flexibility index (Phi) is 10.3. The first-order valence-corrected chi connectivity index (χ1v) is 18.0. The number of nitro benzene ring substituents is 1. The maximum absolute atomic E-state index is 15.5. The van der Waals surface area contributed by atoms with Crippen LogP contribution in [0.2, 0.25) is 0 Å². The fourth-order valence-corrected chi connectivity index (χ4v) is 7.41. The van der Waals surface area contributed by atoms with Crippen LogP contribution in [-0.4, -0.2) is 97.1 Å². The number of halogens is 1. The highest BCUT2D eigenvalue weighted by Crippen LogP contribution is 2.27. The van der Waals surface area contributed by atoms with E-state index in [1.165, 1.54) is 6.20 Å². The van der Waals surface area contributed by atoms with E-state index in [1.807, 2.05) is 34.7 Å². The van der Waals surface area contributed by atoms with Crippen molar-refractivity contribution in [3.8, 4) is 0 Å². The summed E-state index contributed by atoms with van der Waals surface area (Å²) in [7, 11) is 0. The summed E-state index contributed by atoms with van der Waals surface area (Å²) in [6.45, 7) is 9.43. The zero-order valence-electron chi connectivity index (χ0n) is 29.3. The molecule has 0 radical (unpaired) electrons. The van der Waals surface area contributed by atoms with Gasteiger partial charge in [-0.05, 0) is 49.0 Å². The third kappa shape index (κ3) is 7.56. The molecule has 53 heavy (non-hydrogen) atoms. The van der Waals surface area contributed by atoms with E-state index in [2.05, 4.69) is 31.4 Å². The zero-order valence-corrected chi connectivity index (χ0v) is 30.1. The SMILES string of the molecule is CCn1cc(C(=O)O)c(=O)c2cc(F)c(N3CCN(Cn4nc(CN5CCN(c6ccc([N+](=O)[O-])cc6)CC5)n(Cc5ccccc5)c4=S)CC3)cc21. The van der Waals surface area contributed by atoms with Crippen molar-refractivity contribution in [3.05, 3.63) is 121 Å². The minimum atomic E-state index is -1.34.